The molecule has 9 heteroatoms. The molecule has 2 bridgehead atoms. The number of carbonyl (C=O) groups excluding carboxylic acids is 3. The van der Waals surface area contributed by atoms with Gasteiger partial charge < -0.3 is 24.4 Å². The maximum atomic E-state index is 14.7. The van der Waals surface area contributed by atoms with E-state index in [0.717, 1.165) is 0 Å². The Morgan fingerprint density at radius 2 is 1.98 bits per heavy atom. The van der Waals surface area contributed by atoms with E-state index >= 15 is 0 Å². The van der Waals surface area contributed by atoms with Gasteiger partial charge >= 0.3 is 5.97 Å². The molecule has 4 rings (SSSR count). The molecule has 0 radical (unpaired) electrons. The summed E-state index contributed by atoms with van der Waals surface area (Å²) in [6, 6.07) is 5.20. The lowest BCUT2D eigenvalue weighted by Crippen LogP contribution is -2.60. The van der Waals surface area contributed by atoms with Crippen molar-refractivity contribution in [2.75, 3.05) is 24.7 Å². The lowest BCUT2D eigenvalue weighted by molar-refractivity contribution is -0.162. The number of amides is 2. The van der Waals surface area contributed by atoms with Crippen LogP contribution in [0.15, 0.2) is 49.6 Å². The molecule has 8 atom stereocenters. The second-order valence-corrected chi connectivity index (χ2v) is 12.0. The van der Waals surface area contributed by atoms with Crippen molar-refractivity contribution >= 4 is 35.1 Å². The molecule has 3 aliphatic rings. The predicted molar refractivity (Wildman–Crippen MR) is 154 cm³/mol. The molecule has 3 saturated heterocycles. The zero-order chi connectivity index (χ0) is 29.4. The van der Waals surface area contributed by atoms with E-state index in [-0.39, 0.29) is 43.4 Å². The van der Waals surface area contributed by atoms with Crippen molar-refractivity contribution in [1.29, 1.82) is 0 Å². The summed E-state index contributed by atoms with van der Waals surface area (Å²) in [5, 5.41) is 11.1. The molecule has 3 unspecified atom stereocenters. The molecular weight excluding hydrogens is 532 g/mol. The number of likely N-dealkylation sites (tertiary alicyclic amines) is 1. The van der Waals surface area contributed by atoms with Crippen LogP contribution in [0.1, 0.15) is 47.0 Å². The number of aliphatic hydroxyl groups excluding tert-OH is 1. The Bertz CT molecular complexity index is 1160. The predicted octanol–water partition coefficient (Wildman–Crippen LogP) is 4.40. The van der Waals surface area contributed by atoms with E-state index in [1.54, 1.807) is 41.3 Å². The highest BCUT2D eigenvalue weighted by molar-refractivity contribution is 6.30. The summed E-state index contributed by atoms with van der Waals surface area (Å²) in [5.74, 6) is -3.23. The number of carbonyl (C=O) groups is 3. The molecule has 8 nitrogen and oxygen atoms in total. The van der Waals surface area contributed by atoms with Gasteiger partial charge in [-0.1, -0.05) is 50.9 Å². The van der Waals surface area contributed by atoms with Crippen LogP contribution in [-0.4, -0.2) is 70.8 Å². The fourth-order valence-electron chi connectivity index (χ4n) is 7.04. The summed E-state index contributed by atoms with van der Waals surface area (Å²) in [6.07, 6.45) is 4.88. The Hall–Kier alpha value is -2.68. The standard InChI is InChI=1S/C31H41ClN2O6/c1-7-10-16-39-29(38)25-24-27(36)34(23(18-35)19(4)9-3)26(31(24)17-20(5)30(25,6)40-31)28(37)33(15-8-2)22-13-11-21(32)12-14-22/h7-8,11-14,19-20,23-26,35H,1-2,9-10,15-18H2,3-6H3/t19-,20?,23-,24-,25+,26?,30-,31?/m0/s1. The zero-order valence-corrected chi connectivity index (χ0v) is 24.6. The number of hydrogen-bond donors (Lipinski definition) is 1. The third-order valence-corrected chi connectivity index (χ3v) is 9.62. The smallest absolute Gasteiger partial charge is 0.312 e. The molecule has 3 heterocycles. The molecule has 1 spiro atoms. The molecule has 0 aromatic heterocycles. The zero-order valence-electron chi connectivity index (χ0n) is 23.8. The first-order chi connectivity index (χ1) is 19.0. The van der Waals surface area contributed by atoms with E-state index in [1.165, 1.54) is 4.90 Å². The Morgan fingerprint density at radius 1 is 1.30 bits per heavy atom. The molecule has 0 aliphatic carbocycles. The largest absolute Gasteiger partial charge is 0.465 e. The lowest BCUT2D eigenvalue weighted by Gasteiger charge is -2.41. The Balaban J connectivity index is 1.86. The summed E-state index contributed by atoms with van der Waals surface area (Å²) in [4.78, 5) is 45.8. The Kier molecular flexibility index (Phi) is 8.83. The van der Waals surface area contributed by atoms with Gasteiger partial charge in [0.25, 0.3) is 5.91 Å². The van der Waals surface area contributed by atoms with Crippen LogP contribution in [0.2, 0.25) is 5.02 Å². The lowest BCUT2D eigenvalue weighted by atomic mass is 9.62. The van der Waals surface area contributed by atoms with Gasteiger partial charge in [0.15, 0.2) is 0 Å². The third-order valence-electron chi connectivity index (χ3n) is 9.37. The van der Waals surface area contributed by atoms with Crippen LogP contribution in [0.5, 0.6) is 0 Å². The average molecular weight is 573 g/mol. The van der Waals surface area contributed by atoms with Crippen LogP contribution < -0.4 is 4.90 Å². The number of benzene rings is 1. The van der Waals surface area contributed by atoms with Gasteiger partial charge in [0, 0.05) is 17.3 Å². The van der Waals surface area contributed by atoms with Gasteiger partial charge in [0.2, 0.25) is 5.91 Å². The number of ether oxygens (including phenoxy) is 2. The molecule has 1 aromatic rings. The van der Waals surface area contributed by atoms with Gasteiger partial charge in [-0.3, -0.25) is 14.4 Å². The minimum atomic E-state index is -1.25. The van der Waals surface area contributed by atoms with Crippen LogP contribution in [0.4, 0.5) is 5.69 Å². The van der Waals surface area contributed by atoms with Gasteiger partial charge in [-0.15, -0.1) is 13.2 Å². The number of hydrogen-bond acceptors (Lipinski definition) is 6. The molecule has 40 heavy (non-hydrogen) atoms. The summed E-state index contributed by atoms with van der Waals surface area (Å²) < 4.78 is 12.4. The highest BCUT2D eigenvalue weighted by Crippen LogP contribution is 2.66. The highest BCUT2D eigenvalue weighted by atomic mass is 35.5. The van der Waals surface area contributed by atoms with Gasteiger partial charge in [0.1, 0.15) is 17.6 Å². The molecule has 0 saturated carbocycles. The SMILES string of the molecule is C=CCCOC(=O)[C@H]1[C@H]2C(=O)N([C@@H](CO)[C@@H](C)CC)C(C(=O)N(CC=C)c3ccc(Cl)cc3)C23CC(C)[C@]1(C)O3. The fourth-order valence-corrected chi connectivity index (χ4v) is 7.16. The fraction of sp³-hybridized carbons (Fsp3) is 0.581. The Labute approximate surface area is 241 Å². The molecule has 2 amide bonds. The summed E-state index contributed by atoms with van der Waals surface area (Å²) in [6.45, 7) is 15.3. The van der Waals surface area contributed by atoms with Crippen molar-refractivity contribution in [3.63, 3.8) is 0 Å². The van der Waals surface area contributed by atoms with E-state index in [2.05, 4.69) is 13.2 Å². The van der Waals surface area contributed by atoms with E-state index in [4.69, 9.17) is 21.1 Å². The second-order valence-electron chi connectivity index (χ2n) is 11.5. The van der Waals surface area contributed by atoms with E-state index in [1.807, 2.05) is 27.7 Å². The maximum absolute atomic E-state index is 14.7. The average Bonchev–Trinajstić information content (AvgIpc) is 3.44. The van der Waals surface area contributed by atoms with Crippen molar-refractivity contribution in [2.45, 2.75) is 70.2 Å². The van der Waals surface area contributed by atoms with Crippen molar-refractivity contribution in [3.05, 3.63) is 54.6 Å². The topological polar surface area (TPSA) is 96.4 Å². The summed E-state index contributed by atoms with van der Waals surface area (Å²) >= 11 is 6.13. The van der Waals surface area contributed by atoms with Crippen LogP contribution in [0.25, 0.3) is 0 Å². The van der Waals surface area contributed by atoms with Crippen molar-refractivity contribution in [1.82, 2.24) is 4.90 Å². The number of fused-ring (bicyclic) bond motifs is 1. The molecular formula is C31H41ClN2O6. The molecule has 218 valence electrons. The number of halogens is 1. The van der Waals surface area contributed by atoms with Crippen molar-refractivity contribution < 1.29 is 29.0 Å². The first-order valence-corrected chi connectivity index (χ1v) is 14.5. The van der Waals surface area contributed by atoms with E-state index in [0.29, 0.717) is 30.0 Å². The number of rotatable bonds is 12. The normalized spacial score (nSPS) is 31.9. The van der Waals surface area contributed by atoms with E-state index in [9.17, 15) is 19.5 Å². The van der Waals surface area contributed by atoms with Crippen molar-refractivity contribution in [2.24, 2.45) is 23.7 Å². The van der Waals surface area contributed by atoms with Crippen LogP contribution >= 0.6 is 11.6 Å². The molecule has 1 N–H and O–H groups in total. The van der Waals surface area contributed by atoms with Gasteiger partial charge in [-0.25, -0.2) is 0 Å². The van der Waals surface area contributed by atoms with Crippen LogP contribution in [-0.2, 0) is 23.9 Å². The Morgan fingerprint density at radius 3 is 2.55 bits per heavy atom. The maximum Gasteiger partial charge on any atom is 0.312 e. The third kappa shape index (κ3) is 4.68. The number of nitrogens with zero attached hydrogens (tertiary/aromatic N) is 2. The number of aliphatic hydroxyl groups is 1. The molecule has 1 aromatic carbocycles. The minimum Gasteiger partial charge on any atom is -0.465 e. The summed E-state index contributed by atoms with van der Waals surface area (Å²) in [5.41, 5.74) is -1.64. The minimum absolute atomic E-state index is 0.105. The monoisotopic (exact) mass is 572 g/mol. The van der Waals surface area contributed by atoms with Gasteiger partial charge in [-0.2, -0.15) is 0 Å². The first kappa shape index (κ1) is 30.3. The molecule has 3 aliphatic heterocycles. The summed E-state index contributed by atoms with van der Waals surface area (Å²) in [7, 11) is 0. The van der Waals surface area contributed by atoms with Gasteiger partial charge in [-0.05, 0) is 55.9 Å². The van der Waals surface area contributed by atoms with E-state index < -0.39 is 41.1 Å². The van der Waals surface area contributed by atoms with Crippen LogP contribution in [0, 0.1) is 23.7 Å². The quantitative estimate of drug-likeness (QED) is 0.227. The number of esters is 1. The molecule has 3 fully saturated rings. The number of anilines is 1. The van der Waals surface area contributed by atoms with Gasteiger partial charge in [0.05, 0.1) is 30.8 Å². The second kappa shape index (κ2) is 11.7. The van der Waals surface area contributed by atoms with Crippen molar-refractivity contribution in [3.8, 4) is 0 Å². The first-order valence-electron chi connectivity index (χ1n) is 14.1. The van der Waals surface area contributed by atoms with Crippen LogP contribution in [0.3, 0.4) is 0 Å². The highest BCUT2D eigenvalue weighted by Gasteiger charge is 2.81.